The van der Waals surface area contributed by atoms with Crippen LogP contribution in [0, 0.1) is 0 Å². The number of nitrogens with zero attached hydrogens (tertiary/aromatic N) is 3. The highest BCUT2D eigenvalue weighted by Crippen LogP contribution is 2.33. The topological polar surface area (TPSA) is 51.8 Å². The summed E-state index contributed by atoms with van der Waals surface area (Å²) in [5, 5.41) is 6.56. The molecular formula is C41H25N3O. The zero-order chi connectivity index (χ0) is 30.6. The quantitative estimate of drug-likeness (QED) is 0.209. The molecule has 0 fully saturated rings. The number of fused-ring (bicyclic) bond motifs is 5. The summed E-state index contributed by atoms with van der Waals surface area (Å²) in [6.07, 6.45) is 0. The third-order valence-electron chi connectivity index (χ3n) is 8.41. The van der Waals surface area contributed by atoms with E-state index in [4.69, 9.17) is 20.7 Å². The molecule has 0 aliphatic rings. The van der Waals surface area contributed by atoms with Gasteiger partial charge >= 0.3 is 0 Å². The Hall–Kier alpha value is -6.13. The van der Waals surface area contributed by atoms with Gasteiger partial charge in [0, 0.05) is 27.5 Å². The molecule has 0 aliphatic heterocycles. The van der Waals surface area contributed by atoms with Gasteiger partial charge in [0.1, 0.15) is 11.2 Å². The Morgan fingerprint density at radius 3 is 1.60 bits per heavy atom. The molecule has 0 amide bonds. The fourth-order valence-corrected chi connectivity index (χ4v) is 6.05. The summed E-state index contributed by atoms with van der Waals surface area (Å²) in [5.41, 5.74) is 5.87. The van der Waals surface area contributed by atoms with Gasteiger partial charge in [-0.15, -0.1) is 0 Å². The van der Waals surface area contributed by atoms with E-state index in [-0.39, 0.29) is 6.04 Å². The number of benzene rings is 7. The van der Waals surface area contributed by atoms with Crippen molar-refractivity contribution in [1.82, 2.24) is 15.0 Å². The average molecular weight is 577 g/mol. The first kappa shape index (κ1) is 24.3. The van der Waals surface area contributed by atoms with Crippen molar-refractivity contribution in [3.8, 4) is 45.3 Å². The monoisotopic (exact) mass is 576 g/mol. The molecule has 2 heterocycles. The van der Waals surface area contributed by atoms with Crippen molar-refractivity contribution in [1.29, 1.82) is 0 Å². The molecule has 0 bridgehead atoms. The Morgan fingerprint density at radius 1 is 0.378 bits per heavy atom. The minimum absolute atomic E-state index is 0.252. The van der Waals surface area contributed by atoms with Crippen molar-refractivity contribution in [3.05, 3.63) is 152 Å². The van der Waals surface area contributed by atoms with Crippen LogP contribution in [0.25, 0.3) is 88.8 Å². The number of hydrogen-bond acceptors (Lipinski definition) is 4. The molecule has 0 aliphatic carbocycles. The van der Waals surface area contributed by atoms with E-state index < -0.39 is 0 Å². The number of para-hydroxylation sites is 1. The van der Waals surface area contributed by atoms with Crippen molar-refractivity contribution < 1.29 is 5.79 Å². The number of hydrogen-bond donors (Lipinski definition) is 0. The van der Waals surface area contributed by atoms with Gasteiger partial charge in [0.15, 0.2) is 17.5 Å². The highest BCUT2D eigenvalue weighted by atomic mass is 16.3. The van der Waals surface area contributed by atoms with Crippen molar-refractivity contribution in [2.75, 3.05) is 0 Å². The van der Waals surface area contributed by atoms with Gasteiger partial charge in [0.25, 0.3) is 0 Å². The van der Waals surface area contributed by atoms with Crippen LogP contribution in [-0.4, -0.2) is 15.0 Å². The van der Waals surface area contributed by atoms with E-state index in [0.29, 0.717) is 28.6 Å². The SMILES string of the molecule is [2H]c1c(-c2nc(-c3ccc(-c4ccc5ccccc5c4)cc3)nc(-c3ccc4ccccc4c3)n2)ccc2c1oc1ccccc12. The molecule has 45 heavy (non-hydrogen) atoms. The third kappa shape index (κ3) is 4.52. The molecule has 0 saturated heterocycles. The molecule has 2 aromatic heterocycles. The van der Waals surface area contributed by atoms with E-state index in [2.05, 4.69) is 91.0 Å². The van der Waals surface area contributed by atoms with E-state index in [1.165, 1.54) is 10.8 Å². The Bertz CT molecular complexity index is 2610. The summed E-state index contributed by atoms with van der Waals surface area (Å²) >= 11 is 0. The maximum absolute atomic E-state index is 9.15. The van der Waals surface area contributed by atoms with Gasteiger partial charge in [0.05, 0.1) is 1.37 Å². The van der Waals surface area contributed by atoms with Gasteiger partial charge in [-0.3, -0.25) is 0 Å². The molecule has 210 valence electrons. The number of furan rings is 1. The van der Waals surface area contributed by atoms with E-state index in [9.17, 15) is 0 Å². The minimum atomic E-state index is 0.252. The molecule has 0 N–H and O–H groups in total. The van der Waals surface area contributed by atoms with Crippen LogP contribution in [-0.2, 0) is 0 Å². The van der Waals surface area contributed by atoms with Crippen LogP contribution < -0.4 is 0 Å². The standard InChI is InChI=1S/C41H25N3O/c1-3-9-30-23-32(19-15-26(30)7-1)28-13-17-29(18-14-28)39-42-40(33-20-16-27-8-2-4-10-31(27)24-33)44-41(43-39)34-21-22-36-35-11-5-6-12-37(35)45-38(36)25-34/h1-25H/i25D. The van der Waals surface area contributed by atoms with Gasteiger partial charge in [-0.05, 0) is 63.0 Å². The zero-order valence-electron chi connectivity index (χ0n) is 25.1. The van der Waals surface area contributed by atoms with Gasteiger partial charge < -0.3 is 4.42 Å². The Labute approximate surface area is 260 Å². The van der Waals surface area contributed by atoms with Crippen LogP contribution in [0.2, 0.25) is 0 Å². The summed E-state index contributed by atoms with van der Waals surface area (Å²) < 4.78 is 15.3. The van der Waals surface area contributed by atoms with Crippen molar-refractivity contribution in [3.63, 3.8) is 0 Å². The molecule has 0 saturated carbocycles. The maximum atomic E-state index is 9.15. The fraction of sp³-hybridized carbons (Fsp3) is 0. The minimum Gasteiger partial charge on any atom is -0.456 e. The number of aromatic nitrogens is 3. The van der Waals surface area contributed by atoms with Gasteiger partial charge in [0.2, 0.25) is 0 Å². The molecule has 0 atom stereocenters. The van der Waals surface area contributed by atoms with Crippen molar-refractivity contribution in [2.24, 2.45) is 0 Å². The first-order valence-corrected chi connectivity index (χ1v) is 14.9. The van der Waals surface area contributed by atoms with Crippen LogP contribution >= 0.6 is 0 Å². The highest BCUT2D eigenvalue weighted by molar-refractivity contribution is 6.05. The van der Waals surface area contributed by atoms with Gasteiger partial charge in [-0.1, -0.05) is 121 Å². The van der Waals surface area contributed by atoms with Gasteiger partial charge in [-0.25, -0.2) is 15.0 Å². The van der Waals surface area contributed by atoms with Gasteiger partial charge in [-0.2, -0.15) is 0 Å². The van der Waals surface area contributed by atoms with Crippen LogP contribution in [0.1, 0.15) is 1.37 Å². The molecule has 0 radical (unpaired) electrons. The largest absolute Gasteiger partial charge is 0.456 e. The maximum Gasteiger partial charge on any atom is 0.164 e. The molecule has 7 aromatic carbocycles. The zero-order valence-corrected chi connectivity index (χ0v) is 24.1. The summed E-state index contributed by atoms with van der Waals surface area (Å²) in [6.45, 7) is 0. The normalized spacial score (nSPS) is 11.9. The second-order valence-electron chi connectivity index (χ2n) is 11.2. The van der Waals surface area contributed by atoms with E-state index in [1.807, 2.05) is 54.6 Å². The Kier molecular flexibility index (Phi) is 5.54. The molecule has 9 aromatic rings. The molecule has 4 heteroatoms. The first-order chi connectivity index (χ1) is 22.7. The van der Waals surface area contributed by atoms with E-state index in [0.717, 1.165) is 49.4 Å². The van der Waals surface area contributed by atoms with Crippen LogP contribution in [0.3, 0.4) is 0 Å². The Morgan fingerprint density at radius 2 is 0.867 bits per heavy atom. The molecular weight excluding hydrogens is 550 g/mol. The summed E-state index contributed by atoms with van der Waals surface area (Å²) in [4.78, 5) is 14.9. The fourth-order valence-electron chi connectivity index (χ4n) is 6.05. The lowest BCUT2D eigenvalue weighted by molar-refractivity contribution is 0.669. The molecule has 0 unspecified atom stereocenters. The second kappa shape index (κ2) is 10.2. The van der Waals surface area contributed by atoms with Crippen molar-refractivity contribution in [2.45, 2.75) is 0 Å². The molecule has 0 spiro atoms. The number of rotatable bonds is 4. The van der Waals surface area contributed by atoms with Crippen LogP contribution in [0.5, 0.6) is 0 Å². The smallest absolute Gasteiger partial charge is 0.164 e. The summed E-state index contributed by atoms with van der Waals surface area (Å²) in [5.74, 6) is 1.52. The highest BCUT2D eigenvalue weighted by Gasteiger charge is 2.15. The summed E-state index contributed by atoms with van der Waals surface area (Å²) in [7, 11) is 0. The molecule has 4 nitrogen and oxygen atoms in total. The lowest BCUT2D eigenvalue weighted by Gasteiger charge is -2.10. The lowest BCUT2D eigenvalue weighted by Crippen LogP contribution is -2.00. The average Bonchev–Trinajstić information content (AvgIpc) is 3.51. The molecule has 9 rings (SSSR count). The van der Waals surface area contributed by atoms with Crippen LogP contribution in [0.4, 0.5) is 0 Å². The van der Waals surface area contributed by atoms with E-state index in [1.54, 1.807) is 0 Å². The Balaban J connectivity index is 1.19. The second-order valence-corrected chi connectivity index (χ2v) is 11.2. The van der Waals surface area contributed by atoms with Crippen molar-refractivity contribution >= 4 is 43.5 Å². The first-order valence-electron chi connectivity index (χ1n) is 15.4. The summed E-state index contributed by atoms with van der Waals surface area (Å²) in [6, 6.07) is 49.7. The van der Waals surface area contributed by atoms with Crippen LogP contribution in [0.15, 0.2) is 156 Å². The predicted octanol–water partition coefficient (Wildman–Crippen LogP) is 10.7. The third-order valence-corrected chi connectivity index (χ3v) is 8.41. The predicted molar refractivity (Wildman–Crippen MR) is 184 cm³/mol. The van der Waals surface area contributed by atoms with E-state index >= 15 is 0 Å². The lowest BCUT2D eigenvalue weighted by atomic mass is 10.00.